The van der Waals surface area contributed by atoms with Gasteiger partial charge in [0, 0.05) is 0 Å². The van der Waals surface area contributed by atoms with Gasteiger partial charge in [-0.25, -0.2) is 17.6 Å². The zero-order valence-corrected chi connectivity index (χ0v) is 12.8. The van der Waals surface area contributed by atoms with Gasteiger partial charge in [0.25, 0.3) is 0 Å². The molecule has 0 aliphatic heterocycles. The summed E-state index contributed by atoms with van der Waals surface area (Å²) < 4.78 is 0. The summed E-state index contributed by atoms with van der Waals surface area (Å²) in [5.41, 5.74) is 1.63. The molecule has 2 atom stereocenters. The molecule has 0 amide bonds. The van der Waals surface area contributed by atoms with Gasteiger partial charge in [-0.2, -0.15) is 0 Å². The fourth-order valence-electron chi connectivity index (χ4n) is 2.39. The van der Waals surface area contributed by atoms with Crippen LogP contribution in [0.1, 0.15) is 26.7 Å². The van der Waals surface area contributed by atoms with Crippen molar-refractivity contribution in [3.63, 3.8) is 0 Å². The van der Waals surface area contributed by atoms with E-state index in [-0.39, 0.29) is 58.9 Å². The van der Waals surface area contributed by atoms with Crippen molar-refractivity contribution in [2.45, 2.75) is 26.7 Å². The first-order valence-electron chi connectivity index (χ1n) is 4.48. The van der Waals surface area contributed by atoms with Crippen molar-refractivity contribution in [2.75, 3.05) is 0 Å². The predicted octanol–water partition coefficient (Wildman–Crippen LogP) is -5.87. The van der Waals surface area contributed by atoms with Crippen LogP contribution in [-0.2, 0) is 21.7 Å². The molecule has 1 fully saturated rings. The van der Waals surface area contributed by atoms with Crippen molar-refractivity contribution in [3.05, 3.63) is 29.7 Å². The second-order valence-electron chi connectivity index (χ2n) is 3.85. The Balaban J connectivity index is -0.000000360. The van der Waals surface area contributed by atoms with Crippen LogP contribution < -0.4 is 37.2 Å². The topological polar surface area (TPSA) is 0 Å². The number of hydrogen-bond donors (Lipinski definition) is 0. The third-order valence-corrected chi connectivity index (χ3v) is 3.01. The average molecular weight is 301 g/mol. The summed E-state index contributed by atoms with van der Waals surface area (Å²) in [6, 6.07) is 0. The number of halogens is 3. The van der Waals surface area contributed by atoms with E-state index in [1.807, 2.05) is 0 Å². The minimum absolute atomic E-state index is 0. The fourth-order valence-corrected chi connectivity index (χ4v) is 2.39. The molecule has 2 rings (SSSR count). The minimum atomic E-state index is 0. The van der Waals surface area contributed by atoms with E-state index in [4.69, 9.17) is 0 Å². The standard InChI is InChI=1S/C11H15.3ClH.Ti/c1-8-7-9(2)11-6-4-3-5-10(8)11;;;;/h3-5,9,11H,6-7H2,1-2H3;3*1H;/q-1;;;;+4/p-3. The Morgan fingerprint density at radius 2 is 1.87 bits per heavy atom. The molecule has 0 radical (unpaired) electrons. The smallest absolute Gasteiger partial charge is 1.00 e. The van der Waals surface area contributed by atoms with Crippen LogP contribution in [0.25, 0.3) is 0 Å². The first-order chi connectivity index (χ1) is 5.29. The van der Waals surface area contributed by atoms with Gasteiger partial charge in [0.2, 0.25) is 0 Å². The van der Waals surface area contributed by atoms with Crippen LogP contribution in [0.4, 0.5) is 0 Å². The first kappa shape index (κ1) is 21.2. The third kappa shape index (κ3) is 4.36. The van der Waals surface area contributed by atoms with Gasteiger partial charge in [-0.1, -0.05) is 19.3 Å². The van der Waals surface area contributed by atoms with E-state index >= 15 is 0 Å². The van der Waals surface area contributed by atoms with Crippen LogP contribution in [0.5, 0.6) is 0 Å². The van der Waals surface area contributed by atoms with Crippen LogP contribution >= 0.6 is 0 Å². The summed E-state index contributed by atoms with van der Waals surface area (Å²) >= 11 is 0. The van der Waals surface area contributed by atoms with Gasteiger partial charge in [0.15, 0.2) is 0 Å². The van der Waals surface area contributed by atoms with E-state index in [1.54, 1.807) is 11.5 Å². The zero-order valence-electron chi connectivity index (χ0n) is 8.93. The summed E-state index contributed by atoms with van der Waals surface area (Å²) in [5.74, 6) is 3.35. The molecular weight excluding hydrogens is 286 g/mol. The van der Waals surface area contributed by atoms with E-state index in [1.165, 1.54) is 12.8 Å². The normalized spacial score (nSPS) is 26.0. The van der Waals surface area contributed by atoms with Gasteiger partial charge in [0.1, 0.15) is 0 Å². The molecule has 0 N–H and O–H groups in total. The van der Waals surface area contributed by atoms with Crippen LogP contribution in [0.3, 0.4) is 0 Å². The molecule has 0 aromatic heterocycles. The number of allylic oxidation sites excluding steroid dienone is 4. The Labute approximate surface area is 126 Å². The number of hydrogen-bond acceptors (Lipinski definition) is 0. The van der Waals surface area contributed by atoms with Gasteiger partial charge in [-0.15, -0.1) is 19.1 Å². The maximum Gasteiger partial charge on any atom is 4.00 e. The third-order valence-electron chi connectivity index (χ3n) is 3.01. The van der Waals surface area contributed by atoms with E-state index < -0.39 is 0 Å². The van der Waals surface area contributed by atoms with E-state index in [9.17, 15) is 0 Å². The second-order valence-corrected chi connectivity index (χ2v) is 3.85. The maximum absolute atomic E-state index is 2.37. The Morgan fingerprint density at radius 3 is 2.40 bits per heavy atom. The van der Waals surface area contributed by atoms with Crippen molar-refractivity contribution in [1.29, 1.82) is 0 Å². The Kier molecular flexibility index (Phi) is 12.8. The summed E-state index contributed by atoms with van der Waals surface area (Å²) in [5, 5.41) is 0. The quantitative estimate of drug-likeness (QED) is 0.309. The van der Waals surface area contributed by atoms with Gasteiger partial charge >= 0.3 is 21.7 Å². The Hall–Kier alpha value is 0.934. The summed E-state index contributed by atoms with van der Waals surface area (Å²) in [7, 11) is 0. The number of fused-ring (bicyclic) bond motifs is 1. The SMILES string of the molecule is C[C-]1CC(C)C2CC=CC=C12.[Cl-].[Cl-].[Cl-].[Ti+4]. The summed E-state index contributed by atoms with van der Waals surface area (Å²) in [4.78, 5) is 0. The molecule has 0 heterocycles. The molecule has 2 aliphatic rings. The summed E-state index contributed by atoms with van der Waals surface area (Å²) in [6.45, 7) is 4.65. The molecular formula is C11H15Cl3Ti. The predicted molar refractivity (Wildman–Crippen MR) is 48.0 cm³/mol. The van der Waals surface area contributed by atoms with Crippen molar-refractivity contribution < 1.29 is 58.9 Å². The fraction of sp³-hybridized carbons (Fsp3) is 0.545. The van der Waals surface area contributed by atoms with Crippen LogP contribution in [0.2, 0.25) is 0 Å². The van der Waals surface area contributed by atoms with E-state index in [0.717, 1.165) is 11.8 Å². The first-order valence-corrected chi connectivity index (χ1v) is 4.48. The van der Waals surface area contributed by atoms with Gasteiger partial charge in [-0.05, 0) is 12.3 Å². The van der Waals surface area contributed by atoms with Crippen molar-refractivity contribution >= 4 is 0 Å². The average Bonchev–Trinajstić information content (AvgIpc) is 2.30. The molecule has 0 saturated heterocycles. The van der Waals surface area contributed by atoms with Crippen molar-refractivity contribution in [2.24, 2.45) is 11.8 Å². The molecule has 0 nitrogen and oxygen atoms in total. The molecule has 2 aliphatic carbocycles. The Morgan fingerprint density at radius 1 is 1.27 bits per heavy atom. The maximum atomic E-state index is 2.37. The second kappa shape index (κ2) is 9.02. The van der Waals surface area contributed by atoms with E-state index in [2.05, 4.69) is 32.1 Å². The van der Waals surface area contributed by atoms with Crippen LogP contribution in [-0.4, -0.2) is 0 Å². The van der Waals surface area contributed by atoms with Gasteiger partial charge in [0.05, 0.1) is 0 Å². The zero-order chi connectivity index (χ0) is 7.84. The van der Waals surface area contributed by atoms with Gasteiger partial charge in [-0.3, -0.25) is 0 Å². The molecule has 0 aromatic carbocycles. The van der Waals surface area contributed by atoms with Crippen LogP contribution in [0, 0.1) is 17.8 Å². The molecule has 0 spiro atoms. The van der Waals surface area contributed by atoms with E-state index in [0.29, 0.717) is 0 Å². The van der Waals surface area contributed by atoms with Crippen molar-refractivity contribution in [1.82, 2.24) is 0 Å². The molecule has 15 heavy (non-hydrogen) atoms. The molecule has 1 saturated carbocycles. The molecule has 0 bridgehead atoms. The monoisotopic (exact) mass is 300 g/mol. The molecule has 2 unspecified atom stereocenters. The minimum Gasteiger partial charge on any atom is -1.00 e. The van der Waals surface area contributed by atoms with Crippen LogP contribution in [0.15, 0.2) is 23.8 Å². The largest absolute Gasteiger partial charge is 4.00 e. The van der Waals surface area contributed by atoms with Crippen molar-refractivity contribution in [3.8, 4) is 0 Å². The number of rotatable bonds is 0. The molecule has 4 heteroatoms. The van der Waals surface area contributed by atoms with Gasteiger partial charge < -0.3 is 37.2 Å². The Bertz CT molecular complexity index is 226. The summed E-state index contributed by atoms with van der Waals surface area (Å²) in [6.07, 6.45) is 9.38. The molecule has 0 aromatic rings. The molecule has 84 valence electrons.